The van der Waals surface area contributed by atoms with E-state index in [2.05, 4.69) is 22.1 Å². The summed E-state index contributed by atoms with van der Waals surface area (Å²) in [7, 11) is 1.87. The van der Waals surface area contributed by atoms with Gasteiger partial charge in [-0.3, -0.25) is 9.69 Å². The maximum atomic E-state index is 12.0. The predicted molar refractivity (Wildman–Crippen MR) is 81.1 cm³/mol. The van der Waals surface area contributed by atoms with E-state index in [1.807, 2.05) is 43.0 Å². The Morgan fingerprint density at radius 2 is 2.14 bits per heavy atom. The number of benzene rings is 1. The van der Waals surface area contributed by atoms with E-state index < -0.39 is 0 Å². The summed E-state index contributed by atoms with van der Waals surface area (Å²) in [6, 6.07) is 10.2. The Kier molecular flexibility index (Phi) is 3.75. The normalized spacial score (nSPS) is 20.0. The standard InChI is InChI=1S/C16H20N4O/c1-13-16(21)18(2)9-10-19(13)12-14-5-3-6-15(11-14)20-8-4-7-17-20/h3-8,11,13H,9-10,12H2,1-2H3/t13-/m1/s1. The third-order valence-corrected chi connectivity index (χ3v) is 4.07. The molecule has 1 amide bonds. The first-order chi connectivity index (χ1) is 10.1. The van der Waals surface area contributed by atoms with Gasteiger partial charge in [0.2, 0.25) is 5.91 Å². The van der Waals surface area contributed by atoms with Gasteiger partial charge in [0, 0.05) is 39.1 Å². The van der Waals surface area contributed by atoms with Crippen LogP contribution in [-0.4, -0.2) is 51.7 Å². The molecular formula is C16H20N4O. The maximum absolute atomic E-state index is 12.0. The lowest BCUT2D eigenvalue weighted by Gasteiger charge is -2.37. The van der Waals surface area contributed by atoms with E-state index in [1.165, 1.54) is 5.56 Å². The fraction of sp³-hybridized carbons (Fsp3) is 0.375. The van der Waals surface area contributed by atoms with Gasteiger partial charge in [0.15, 0.2) is 0 Å². The molecule has 110 valence electrons. The minimum Gasteiger partial charge on any atom is -0.343 e. The monoisotopic (exact) mass is 284 g/mol. The maximum Gasteiger partial charge on any atom is 0.239 e. The molecule has 1 aliphatic rings. The van der Waals surface area contributed by atoms with Gasteiger partial charge in [-0.05, 0) is 30.7 Å². The third kappa shape index (κ3) is 2.83. The smallest absolute Gasteiger partial charge is 0.239 e. The zero-order chi connectivity index (χ0) is 14.8. The molecule has 0 aliphatic carbocycles. The highest BCUT2D eigenvalue weighted by molar-refractivity contribution is 5.81. The number of piperazine rings is 1. The van der Waals surface area contributed by atoms with Gasteiger partial charge in [-0.15, -0.1) is 0 Å². The summed E-state index contributed by atoms with van der Waals surface area (Å²) in [5, 5.41) is 4.25. The Morgan fingerprint density at radius 3 is 2.90 bits per heavy atom. The van der Waals surface area contributed by atoms with Crippen molar-refractivity contribution >= 4 is 5.91 Å². The topological polar surface area (TPSA) is 41.4 Å². The van der Waals surface area contributed by atoms with Crippen molar-refractivity contribution < 1.29 is 4.79 Å². The molecular weight excluding hydrogens is 264 g/mol. The van der Waals surface area contributed by atoms with Crippen molar-refractivity contribution in [1.29, 1.82) is 0 Å². The molecule has 0 radical (unpaired) electrons. The van der Waals surface area contributed by atoms with Crippen LogP contribution >= 0.6 is 0 Å². The first-order valence-electron chi connectivity index (χ1n) is 7.23. The Bertz CT molecular complexity index is 623. The molecule has 1 saturated heterocycles. The first-order valence-corrected chi connectivity index (χ1v) is 7.23. The molecule has 1 fully saturated rings. The number of carbonyl (C=O) groups is 1. The Labute approximate surface area is 124 Å². The van der Waals surface area contributed by atoms with Gasteiger partial charge < -0.3 is 4.90 Å². The molecule has 0 unspecified atom stereocenters. The van der Waals surface area contributed by atoms with Gasteiger partial charge in [-0.2, -0.15) is 5.10 Å². The molecule has 5 nitrogen and oxygen atoms in total. The van der Waals surface area contributed by atoms with Crippen LogP contribution in [0, 0.1) is 0 Å². The van der Waals surface area contributed by atoms with Crippen LogP contribution in [0.25, 0.3) is 5.69 Å². The van der Waals surface area contributed by atoms with Gasteiger partial charge >= 0.3 is 0 Å². The Morgan fingerprint density at radius 1 is 1.29 bits per heavy atom. The van der Waals surface area contributed by atoms with Crippen molar-refractivity contribution in [3.63, 3.8) is 0 Å². The zero-order valence-electron chi connectivity index (χ0n) is 12.4. The van der Waals surface area contributed by atoms with Crippen LogP contribution in [-0.2, 0) is 11.3 Å². The van der Waals surface area contributed by atoms with Crippen molar-refractivity contribution in [3.05, 3.63) is 48.3 Å². The number of carbonyl (C=O) groups excluding carboxylic acids is 1. The molecule has 0 bridgehead atoms. The quantitative estimate of drug-likeness (QED) is 0.858. The summed E-state index contributed by atoms with van der Waals surface area (Å²) in [6.07, 6.45) is 3.70. The van der Waals surface area contributed by atoms with E-state index in [4.69, 9.17) is 0 Å². The number of amides is 1. The number of rotatable bonds is 3. The average molecular weight is 284 g/mol. The van der Waals surface area contributed by atoms with E-state index in [9.17, 15) is 4.79 Å². The summed E-state index contributed by atoms with van der Waals surface area (Å²) in [5.41, 5.74) is 2.25. The highest BCUT2D eigenvalue weighted by Gasteiger charge is 2.29. The second-order valence-corrected chi connectivity index (χ2v) is 5.53. The van der Waals surface area contributed by atoms with Crippen LogP contribution in [0.3, 0.4) is 0 Å². The number of nitrogens with zero attached hydrogens (tertiary/aromatic N) is 4. The van der Waals surface area contributed by atoms with Gasteiger partial charge in [-0.1, -0.05) is 12.1 Å². The lowest BCUT2D eigenvalue weighted by atomic mass is 10.1. The van der Waals surface area contributed by atoms with Gasteiger partial charge in [0.25, 0.3) is 0 Å². The minimum absolute atomic E-state index is 0.0582. The number of likely N-dealkylation sites (N-methyl/N-ethyl adjacent to an activating group) is 1. The molecule has 1 aromatic heterocycles. The fourth-order valence-electron chi connectivity index (χ4n) is 2.73. The second kappa shape index (κ2) is 5.69. The largest absolute Gasteiger partial charge is 0.343 e. The zero-order valence-corrected chi connectivity index (χ0v) is 12.4. The van der Waals surface area contributed by atoms with Crippen molar-refractivity contribution in [2.45, 2.75) is 19.5 Å². The van der Waals surface area contributed by atoms with Crippen molar-refractivity contribution in [2.24, 2.45) is 0 Å². The SMILES string of the molecule is C[C@@H]1C(=O)N(C)CCN1Cc1cccc(-n2cccn2)c1. The average Bonchev–Trinajstić information content (AvgIpc) is 3.03. The van der Waals surface area contributed by atoms with Crippen molar-refractivity contribution in [3.8, 4) is 5.69 Å². The van der Waals surface area contributed by atoms with Gasteiger partial charge in [0.05, 0.1) is 11.7 Å². The van der Waals surface area contributed by atoms with Crippen LogP contribution in [0.15, 0.2) is 42.7 Å². The molecule has 21 heavy (non-hydrogen) atoms. The summed E-state index contributed by atoms with van der Waals surface area (Å²) >= 11 is 0. The van der Waals surface area contributed by atoms with Crippen LogP contribution in [0.1, 0.15) is 12.5 Å². The summed E-state index contributed by atoms with van der Waals surface area (Å²) in [5.74, 6) is 0.199. The third-order valence-electron chi connectivity index (χ3n) is 4.07. The summed E-state index contributed by atoms with van der Waals surface area (Å²) < 4.78 is 1.85. The molecule has 2 heterocycles. The van der Waals surface area contributed by atoms with E-state index in [1.54, 1.807) is 11.1 Å². The molecule has 3 rings (SSSR count). The summed E-state index contributed by atoms with van der Waals surface area (Å²) in [4.78, 5) is 16.1. The number of hydrogen-bond donors (Lipinski definition) is 0. The van der Waals surface area contributed by atoms with E-state index in [0.717, 1.165) is 25.3 Å². The Balaban J connectivity index is 1.76. The van der Waals surface area contributed by atoms with Crippen LogP contribution in [0.5, 0.6) is 0 Å². The molecule has 1 aliphatic heterocycles. The fourth-order valence-corrected chi connectivity index (χ4v) is 2.73. The molecule has 0 saturated carbocycles. The molecule has 1 atom stereocenters. The molecule has 5 heteroatoms. The van der Waals surface area contributed by atoms with Crippen LogP contribution in [0.2, 0.25) is 0 Å². The van der Waals surface area contributed by atoms with Crippen molar-refractivity contribution in [2.75, 3.05) is 20.1 Å². The first kappa shape index (κ1) is 13.8. The number of aromatic nitrogens is 2. The van der Waals surface area contributed by atoms with E-state index >= 15 is 0 Å². The highest BCUT2D eigenvalue weighted by Crippen LogP contribution is 2.16. The number of hydrogen-bond acceptors (Lipinski definition) is 3. The molecule has 1 aromatic carbocycles. The lowest BCUT2D eigenvalue weighted by molar-refractivity contribution is -0.139. The molecule has 0 N–H and O–H groups in total. The van der Waals surface area contributed by atoms with E-state index in [0.29, 0.717) is 0 Å². The van der Waals surface area contributed by atoms with Crippen molar-refractivity contribution in [1.82, 2.24) is 19.6 Å². The van der Waals surface area contributed by atoms with Crippen LogP contribution in [0.4, 0.5) is 0 Å². The second-order valence-electron chi connectivity index (χ2n) is 5.53. The molecule has 0 spiro atoms. The van der Waals surface area contributed by atoms with E-state index in [-0.39, 0.29) is 11.9 Å². The highest BCUT2D eigenvalue weighted by atomic mass is 16.2. The Hall–Kier alpha value is -2.14. The van der Waals surface area contributed by atoms with Crippen LogP contribution < -0.4 is 0 Å². The minimum atomic E-state index is -0.0582. The predicted octanol–water partition coefficient (Wildman–Crippen LogP) is 1.53. The van der Waals surface area contributed by atoms with Gasteiger partial charge in [0.1, 0.15) is 0 Å². The van der Waals surface area contributed by atoms with Gasteiger partial charge in [-0.25, -0.2) is 4.68 Å². The molecule has 2 aromatic rings. The lowest BCUT2D eigenvalue weighted by Crippen LogP contribution is -2.53. The summed E-state index contributed by atoms with van der Waals surface area (Å²) in [6.45, 7) is 4.47.